The quantitative estimate of drug-likeness (QED) is 0.613. The monoisotopic (exact) mass is 202 g/mol. The van der Waals surface area contributed by atoms with Crippen molar-refractivity contribution in [2.45, 2.75) is 6.04 Å². The van der Waals surface area contributed by atoms with Crippen LogP contribution >= 0.6 is 0 Å². The third kappa shape index (κ3) is 1.80. The van der Waals surface area contributed by atoms with Gasteiger partial charge in [-0.15, -0.1) is 0 Å². The molecule has 0 spiro atoms. The maximum absolute atomic E-state index is 13.0. The second-order valence-electron chi connectivity index (χ2n) is 2.72. The number of anilines is 1. The fourth-order valence-electron chi connectivity index (χ4n) is 0.991. The first-order valence-corrected chi connectivity index (χ1v) is 3.66. The maximum Gasteiger partial charge on any atom is 0.325 e. The van der Waals surface area contributed by atoms with E-state index >= 15 is 0 Å². The molecule has 6 heteroatoms. The Kier molecular flexibility index (Phi) is 2.66. The standard InChI is InChI=1S/C8H8F2N2O2/c9-5-2-3(11)1-4(6(5)10)7(12)8(13)14/h1-2,7H,11-12H2,(H,13,14)/t7-/m0/s1. The zero-order chi connectivity index (χ0) is 10.9. The van der Waals surface area contributed by atoms with Crippen LogP contribution < -0.4 is 11.5 Å². The Labute approximate surface area is 78.1 Å². The fraction of sp³-hybridized carbons (Fsp3) is 0.125. The summed E-state index contributed by atoms with van der Waals surface area (Å²) in [6.07, 6.45) is 0. The van der Waals surface area contributed by atoms with E-state index in [9.17, 15) is 13.6 Å². The Hall–Kier alpha value is -1.69. The van der Waals surface area contributed by atoms with E-state index < -0.39 is 29.2 Å². The van der Waals surface area contributed by atoms with Gasteiger partial charge in [0.25, 0.3) is 0 Å². The second kappa shape index (κ2) is 3.59. The molecule has 5 N–H and O–H groups in total. The zero-order valence-electron chi connectivity index (χ0n) is 7.00. The Morgan fingerprint density at radius 2 is 2.00 bits per heavy atom. The lowest BCUT2D eigenvalue weighted by atomic mass is 10.1. The van der Waals surface area contributed by atoms with Gasteiger partial charge in [0.1, 0.15) is 6.04 Å². The van der Waals surface area contributed by atoms with Crippen molar-refractivity contribution in [1.82, 2.24) is 0 Å². The lowest BCUT2D eigenvalue weighted by Crippen LogP contribution is -2.22. The normalized spacial score (nSPS) is 12.5. The highest BCUT2D eigenvalue weighted by atomic mass is 19.2. The predicted molar refractivity (Wildman–Crippen MR) is 45.3 cm³/mol. The summed E-state index contributed by atoms with van der Waals surface area (Å²) in [5.41, 5.74) is 9.79. The van der Waals surface area contributed by atoms with Gasteiger partial charge in [0.15, 0.2) is 11.6 Å². The summed E-state index contributed by atoms with van der Waals surface area (Å²) in [5, 5.41) is 8.49. The minimum Gasteiger partial charge on any atom is -0.480 e. The fourth-order valence-corrected chi connectivity index (χ4v) is 0.991. The predicted octanol–water partition coefficient (Wildman–Crippen LogP) is 0.631. The molecule has 0 aliphatic carbocycles. The molecule has 0 aliphatic rings. The van der Waals surface area contributed by atoms with Crippen molar-refractivity contribution in [2.75, 3.05) is 5.73 Å². The minimum absolute atomic E-state index is 0.0735. The highest BCUT2D eigenvalue weighted by molar-refractivity contribution is 5.75. The Bertz CT molecular complexity index is 382. The van der Waals surface area contributed by atoms with Gasteiger partial charge in [-0.25, -0.2) is 8.78 Å². The third-order valence-electron chi connectivity index (χ3n) is 1.68. The topological polar surface area (TPSA) is 89.3 Å². The zero-order valence-corrected chi connectivity index (χ0v) is 7.00. The number of aliphatic carboxylic acids is 1. The van der Waals surface area contributed by atoms with Gasteiger partial charge in [-0.05, 0) is 12.1 Å². The largest absolute Gasteiger partial charge is 0.480 e. The molecule has 1 atom stereocenters. The van der Waals surface area contributed by atoms with E-state index in [2.05, 4.69) is 0 Å². The minimum atomic E-state index is -1.62. The van der Waals surface area contributed by atoms with Gasteiger partial charge >= 0.3 is 5.97 Å². The lowest BCUT2D eigenvalue weighted by Gasteiger charge is -2.09. The average Bonchev–Trinajstić information content (AvgIpc) is 2.09. The van der Waals surface area contributed by atoms with Crippen LogP contribution in [0.15, 0.2) is 12.1 Å². The molecule has 1 aromatic rings. The second-order valence-corrected chi connectivity index (χ2v) is 2.72. The lowest BCUT2D eigenvalue weighted by molar-refractivity contribution is -0.138. The Balaban J connectivity index is 3.26. The van der Waals surface area contributed by atoms with E-state index in [1.54, 1.807) is 0 Å². The number of carboxylic acid groups (broad SMARTS) is 1. The summed E-state index contributed by atoms with van der Waals surface area (Å²) in [7, 11) is 0. The van der Waals surface area contributed by atoms with Gasteiger partial charge in [-0.2, -0.15) is 0 Å². The van der Waals surface area contributed by atoms with E-state index in [-0.39, 0.29) is 5.69 Å². The molecule has 0 amide bonds. The van der Waals surface area contributed by atoms with Crippen LogP contribution in [0.5, 0.6) is 0 Å². The number of carboxylic acids is 1. The maximum atomic E-state index is 13.0. The number of hydrogen-bond acceptors (Lipinski definition) is 3. The molecule has 4 nitrogen and oxygen atoms in total. The first kappa shape index (κ1) is 10.4. The van der Waals surface area contributed by atoms with Crippen molar-refractivity contribution in [3.8, 4) is 0 Å². The molecule has 0 unspecified atom stereocenters. The number of halogens is 2. The molecule has 0 fully saturated rings. The van der Waals surface area contributed by atoms with Gasteiger partial charge in [0, 0.05) is 11.3 Å². The first-order valence-electron chi connectivity index (χ1n) is 3.66. The SMILES string of the molecule is Nc1cc(F)c(F)c([C@H](N)C(=O)O)c1. The van der Waals surface area contributed by atoms with Crippen LogP contribution in [0.25, 0.3) is 0 Å². The van der Waals surface area contributed by atoms with Crippen molar-refractivity contribution in [2.24, 2.45) is 5.73 Å². The molecule has 0 bridgehead atoms. The van der Waals surface area contributed by atoms with E-state index in [0.29, 0.717) is 0 Å². The molecule has 0 heterocycles. The molecule has 0 aromatic heterocycles. The van der Waals surface area contributed by atoms with Crippen LogP contribution in [-0.2, 0) is 4.79 Å². The first-order chi connectivity index (χ1) is 6.43. The van der Waals surface area contributed by atoms with E-state index in [0.717, 1.165) is 12.1 Å². The van der Waals surface area contributed by atoms with Crippen LogP contribution in [0, 0.1) is 11.6 Å². The summed E-state index contributed by atoms with van der Waals surface area (Å²) >= 11 is 0. The molecule has 0 saturated carbocycles. The summed E-state index contributed by atoms with van der Waals surface area (Å²) in [6, 6.07) is 0.137. The van der Waals surface area contributed by atoms with Gasteiger partial charge in [-0.3, -0.25) is 4.79 Å². The number of benzene rings is 1. The number of nitrogens with two attached hydrogens (primary N) is 2. The molecular formula is C8H8F2N2O2. The Morgan fingerprint density at radius 1 is 1.43 bits per heavy atom. The molecule has 76 valence electrons. The molecule has 0 saturated heterocycles. The summed E-state index contributed by atoms with van der Waals surface area (Å²) in [5.74, 6) is -3.94. The number of nitrogen functional groups attached to an aromatic ring is 1. The average molecular weight is 202 g/mol. The van der Waals surface area contributed by atoms with Crippen LogP contribution in [0.4, 0.5) is 14.5 Å². The smallest absolute Gasteiger partial charge is 0.325 e. The van der Waals surface area contributed by atoms with E-state index in [4.69, 9.17) is 16.6 Å². The van der Waals surface area contributed by atoms with Gasteiger partial charge in [-0.1, -0.05) is 0 Å². The van der Waals surface area contributed by atoms with E-state index in [1.807, 2.05) is 0 Å². The summed E-state index contributed by atoms with van der Waals surface area (Å²) in [4.78, 5) is 10.4. The van der Waals surface area contributed by atoms with Crippen molar-refractivity contribution < 1.29 is 18.7 Å². The van der Waals surface area contributed by atoms with E-state index in [1.165, 1.54) is 0 Å². The van der Waals surface area contributed by atoms with Crippen LogP contribution in [0.2, 0.25) is 0 Å². The van der Waals surface area contributed by atoms with Crippen molar-refractivity contribution in [3.63, 3.8) is 0 Å². The van der Waals surface area contributed by atoms with Gasteiger partial charge in [0.2, 0.25) is 0 Å². The summed E-state index contributed by atoms with van der Waals surface area (Å²) in [6.45, 7) is 0. The number of hydrogen-bond donors (Lipinski definition) is 3. The molecule has 1 rings (SSSR count). The Morgan fingerprint density at radius 3 is 2.50 bits per heavy atom. The van der Waals surface area contributed by atoms with Crippen LogP contribution in [0.3, 0.4) is 0 Å². The van der Waals surface area contributed by atoms with Crippen LogP contribution in [0.1, 0.15) is 11.6 Å². The highest BCUT2D eigenvalue weighted by Crippen LogP contribution is 2.21. The van der Waals surface area contributed by atoms with Crippen molar-refractivity contribution in [1.29, 1.82) is 0 Å². The summed E-state index contributed by atoms with van der Waals surface area (Å²) < 4.78 is 25.8. The molecule has 0 radical (unpaired) electrons. The molecular weight excluding hydrogens is 194 g/mol. The third-order valence-corrected chi connectivity index (χ3v) is 1.68. The highest BCUT2D eigenvalue weighted by Gasteiger charge is 2.21. The van der Waals surface area contributed by atoms with Crippen molar-refractivity contribution >= 4 is 11.7 Å². The molecule has 0 aliphatic heterocycles. The van der Waals surface area contributed by atoms with Gasteiger partial charge < -0.3 is 16.6 Å². The molecule has 14 heavy (non-hydrogen) atoms. The van der Waals surface area contributed by atoms with Crippen LogP contribution in [-0.4, -0.2) is 11.1 Å². The van der Waals surface area contributed by atoms with Gasteiger partial charge in [0.05, 0.1) is 0 Å². The molecule has 1 aromatic carbocycles. The number of carbonyl (C=O) groups is 1. The van der Waals surface area contributed by atoms with Crippen molar-refractivity contribution in [3.05, 3.63) is 29.3 Å². The number of rotatable bonds is 2.